The molecule has 2 amide bonds. The lowest BCUT2D eigenvalue weighted by Gasteiger charge is -2.29. The number of halogens is 1. The number of nitrogens with zero attached hydrogens (tertiary/aromatic N) is 1. The Balaban J connectivity index is 2.08. The van der Waals surface area contributed by atoms with Crippen LogP contribution in [0, 0.1) is 12.7 Å². The molecule has 0 aliphatic heterocycles. The number of amides is 2. The molecule has 0 aromatic heterocycles. The lowest BCUT2D eigenvalue weighted by molar-refractivity contribution is -0.138. The number of hydrogen-bond acceptors (Lipinski definition) is 3. The third kappa shape index (κ3) is 6.89. The molecule has 0 fully saturated rings. The van der Waals surface area contributed by atoms with Gasteiger partial charge in [-0.2, -0.15) is 0 Å². The van der Waals surface area contributed by atoms with Crippen LogP contribution >= 0.6 is 11.8 Å². The highest BCUT2D eigenvalue weighted by Gasteiger charge is 2.26. The van der Waals surface area contributed by atoms with Crippen LogP contribution in [0.5, 0.6) is 0 Å². The first-order valence-corrected chi connectivity index (χ1v) is 11.0. The summed E-state index contributed by atoms with van der Waals surface area (Å²) in [6.07, 6.45) is 0.836. The summed E-state index contributed by atoms with van der Waals surface area (Å²) in [7, 11) is 0. The van der Waals surface area contributed by atoms with E-state index in [0.29, 0.717) is 24.4 Å². The average molecular weight is 417 g/mol. The molecule has 1 N–H and O–H groups in total. The molecule has 0 spiro atoms. The summed E-state index contributed by atoms with van der Waals surface area (Å²) in [5.74, 6) is 0.0386. The van der Waals surface area contributed by atoms with Crippen LogP contribution in [0.15, 0.2) is 48.5 Å². The SMILES string of the molecule is CCCNC(=O)[C@H](C)N(Cc1ccccc1C)C(=O)CSCc1ccccc1F. The number of carbonyl (C=O) groups excluding carboxylic acids is 2. The van der Waals surface area contributed by atoms with Crippen LogP contribution in [-0.4, -0.2) is 35.1 Å². The Kier molecular flexibility index (Phi) is 9.19. The average Bonchev–Trinajstić information content (AvgIpc) is 2.72. The van der Waals surface area contributed by atoms with Gasteiger partial charge >= 0.3 is 0 Å². The molecule has 0 aliphatic carbocycles. The van der Waals surface area contributed by atoms with Crippen molar-refractivity contribution in [1.82, 2.24) is 10.2 Å². The fraction of sp³-hybridized carbons (Fsp3) is 0.391. The van der Waals surface area contributed by atoms with Gasteiger partial charge in [-0.3, -0.25) is 9.59 Å². The number of hydrogen-bond donors (Lipinski definition) is 1. The van der Waals surface area contributed by atoms with Crippen molar-refractivity contribution in [2.45, 2.75) is 45.5 Å². The maximum atomic E-state index is 13.8. The van der Waals surface area contributed by atoms with Crippen LogP contribution in [0.3, 0.4) is 0 Å². The summed E-state index contributed by atoms with van der Waals surface area (Å²) in [5.41, 5.74) is 2.66. The largest absolute Gasteiger partial charge is 0.354 e. The summed E-state index contributed by atoms with van der Waals surface area (Å²) in [5, 5.41) is 2.87. The van der Waals surface area contributed by atoms with Gasteiger partial charge in [-0.1, -0.05) is 49.4 Å². The van der Waals surface area contributed by atoms with Crippen LogP contribution in [0.4, 0.5) is 4.39 Å². The van der Waals surface area contributed by atoms with Gasteiger partial charge in [0.15, 0.2) is 0 Å². The molecule has 29 heavy (non-hydrogen) atoms. The summed E-state index contributed by atoms with van der Waals surface area (Å²) in [6, 6.07) is 13.8. The zero-order valence-corrected chi connectivity index (χ0v) is 18.1. The van der Waals surface area contributed by atoms with Crippen LogP contribution < -0.4 is 5.32 Å². The third-order valence-corrected chi connectivity index (χ3v) is 5.73. The number of carbonyl (C=O) groups is 2. The highest BCUT2D eigenvalue weighted by Crippen LogP contribution is 2.18. The maximum Gasteiger partial charge on any atom is 0.242 e. The fourth-order valence-corrected chi connectivity index (χ4v) is 3.79. The Hall–Kier alpha value is -2.34. The lowest BCUT2D eigenvalue weighted by Crippen LogP contribution is -2.48. The minimum absolute atomic E-state index is 0.131. The van der Waals surface area contributed by atoms with Crippen molar-refractivity contribution >= 4 is 23.6 Å². The Labute approximate surface area is 176 Å². The van der Waals surface area contributed by atoms with Crippen molar-refractivity contribution in [2.75, 3.05) is 12.3 Å². The first-order valence-electron chi connectivity index (χ1n) is 9.86. The number of benzene rings is 2. The number of nitrogens with one attached hydrogen (secondary N) is 1. The van der Waals surface area contributed by atoms with Crippen molar-refractivity contribution in [3.8, 4) is 0 Å². The van der Waals surface area contributed by atoms with Crippen LogP contribution in [0.25, 0.3) is 0 Å². The lowest BCUT2D eigenvalue weighted by atomic mass is 10.1. The Bertz CT molecular complexity index is 828. The highest BCUT2D eigenvalue weighted by molar-refractivity contribution is 7.99. The molecule has 0 aliphatic rings. The minimum atomic E-state index is -0.581. The molecular formula is C23H29FN2O2S. The molecule has 0 radical (unpaired) electrons. The Morgan fingerprint density at radius 1 is 1.10 bits per heavy atom. The normalized spacial score (nSPS) is 11.7. The molecule has 1 atom stereocenters. The second-order valence-corrected chi connectivity index (χ2v) is 7.98. The maximum absolute atomic E-state index is 13.8. The Morgan fingerprint density at radius 3 is 2.41 bits per heavy atom. The molecule has 2 rings (SSSR count). The van der Waals surface area contributed by atoms with E-state index in [-0.39, 0.29) is 23.4 Å². The summed E-state index contributed by atoms with van der Waals surface area (Å²) in [6.45, 7) is 6.68. The van der Waals surface area contributed by atoms with Gasteiger partial charge in [0, 0.05) is 18.8 Å². The minimum Gasteiger partial charge on any atom is -0.354 e. The molecule has 2 aromatic rings. The van der Waals surface area contributed by atoms with Gasteiger partial charge in [0.05, 0.1) is 5.75 Å². The van der Waals surface area contributed by atoms with Crippen LogP contribution in [0.1, 0.15) is 37.0 Å². The van der Waals surface area contributed by atoms with E-state index in [4.69, 9.17) is 0 Å². The van der Waals surface area contributed by atoms with Crippen molar-refractivity contribution in [1.29, 1.82) is 0 Å². The van der Waals surface area contributed by atoms with Crippen molar-refractivity contribution in [3.63, 3.8) is 0 Å². The standard InChI is InChI=1S/C23H29FN2O2S/c1-4-13-25-23(28)18(3)26(14-19-10-6-5-9-17(19)2)22(27)16-29-15-20-11-7-8-12-21(20)24/h5-12,18H,4,13-16H2,1-3H3,(H,25,28)/t18-/m0/s1. The Morgan fingerprint density at radius 2 is 1.76 bits per heavy atom. The monoisotopic (exact) mass is 416 g/mol. The molecule has 0 unspecified atom stereocenters. The zero-order chi connectivity index (χ0) is 21.2. The van der Waals surface area contributed by atoms with Gasteiger partial charge in [-0.15, -0.1) is 11.8 Å². The van der Waals surface area contributed by atoms with E-state index in [9.17, 15) is 14.0 Å². The van der Waals surface area contributed by atoms with E-state index in [1.165, 1.54) is 17.8 Å². The fourth-order valence-electron chi connectivity index (χ4n) is 2.90. The molecule has 0 saturated carbocycles. The van der Waals surface area contributed by atoms with Crippen molar-refractivity contribution in [3.05, 3.63) is 71.0 Å². The molecular weight excluding hydrogens is 387 g/mol. The van der Waals surface area contributed by atoms with E-state index in [1.807, 2.05) is 38.1 Å². The summed E-state index contributed by atoms with van der Waals surface area (Å²) < 4.78 is 13.8. The molecule has 156 valence electrons. The molecule has 4 nitrogen and oxygen atoms in total. The number of rotatable bonds is 10. The number of thioether (sulfide) groups is 1. The second kappa shape index (κ2) is 11.6. The van der Waals surface area contributed by atoms with E-state index in [1.54, 1.807) is 30.0 Å². The number of aryl methyl sites for hydroxylation is 1. The van der Waals surface area contributed by atoms with Crippen molar-refractivity contribution in [2.24, 2.45) is 0 Å². The van der Waals surface area contributed by atoms with Crippen molar-refractivity contribution < 1.29 is 14.0 Å². The van der Waals surface area contributed by atoms with E-state index in [2.05, 4.69) is 5.32 Å². The van der Waals surface area contributed by atoms with Crippen LogP contribution in [-0.2, 0) is 21.9 Å². The first kappa shape index (κ1) is 22.9. The predicted molar refractivity (Wildman–Crippen MR) is 117 cm³/mol. The second-order valence-electron chi connectivity index (χ2n) is 7.00. The third-order valence-electron chi connectivity index (χ3n) is 4.76. The van der Waals surface area contributed by atoms with E-state index in [0.717, 1.165) is 17.5 Å². The quantitative estimate of drug-likeness (QED) is 0.628. The summed E-state index contributed by atoms with van der Waals surface area (Å²) >= 11 is 1.36. The molecule has 6 heteroatoms. The highest BCUT2D eigenvalue weighted by atomic mass is 32.2. The summed E-state index contributed by atoms with van der Waals surface area (Å²) in [4.78, 5) is 27.1. The van der Waals surface area contributed by atoms with Crippen LogP contribution in [0.2, 0.25) is 0 Å². The van der Waals surface area contributed by atoms with E-state index >= 15 is 0 Å². The van der Waals surface area contributed by atoms with Gasteiger partial charge in [-0.05, 0) is 43.0 Å². The topological polar surface area (TPSA) is 49.4 Å². The van der Waals surface area contributed by atoms with Gasteiger partial charge in [0.2, 0.25) is 11.8 Å². The molecule has 0 saturated heterocycles. The predicted octanol–water partition coefficient (Wildman–Crippen LogP) is 4.31. The van der Waals surface area contributed by atoms with Gasteiger partial charge in [0.1, 0.15) is 11.9 Å². The molecule has 2 aromatic carbocycles. The molecule has 0 heterocycles. The van der Waals surface area contributed by atoms with Gasteiger partial charge in [-0.25, -0.2) is 4.39 Å². The van der Waals surface area contributed by atoms with Gasteiger partial charge in [0.25, 0.3) is 0 Å². The van der Waals surface area contributed by atoms with Gasteiger partial charge < -0.3 is 10.2 Å². The zero-order valence-electron chi connectivity index (χ0n) is 17.3. The molecule has 0 bridgehead atoms. The van der Waals surface area contributed by atoms with E-state index < -0.39 is 6.04 Å². The smallest absolute Gasteiger partial charge is 0.242 e. The first-order chi connectivity index (χ1) is 13.9.